The molecule has 7 nitrogen and oxygen atoms in total. The van der Waals surface area contributed by atoms with Crippen molar-refractivity contribution in [1.29, 1.82) is 0 Å². The van der Waals surface area contributed by atoms with E-state index in [1.807, 2.05) is 6.07 Å². The first kappa shape index (κ1) is 19.8. The van der Waals surface area contributed by atoms with Crippen molar-refractivity contribution in [2.45, 2.75) is 82.5 Å². The summed E-state index contributed by atoms with van der Waals surface area (Å²) in [7, 11) is 0. The molecule has 6 rings (SSSR count). The van der Waals surface area contributed by atoms with Crippen LogP contribution in [0.2, 0.25) is 0 Å². The highest BCUT2D eigenvalue weighted by atomic mass is 16.6. The summed E-state index contributed by atoms with van der Waals surface area (Å²) in [5.74, 6) is 1.77. The van der Waals surface area contributed by atoms with E-state index in [0.29, 0.717) is 24.2 Å². The first-order valence-corrected chi connectivity index (χ1v) is 11.8. The predicted octanol–water partition coefficient (Wildman–Crippen LogP) is 3.27. The van der Waals surface area contributed by atoms with Crippen LogP contribution in [-0.2, 0) is 10.3 Å². The number of nitrogens with zero attached hydrogens (tertiary/aromatic N) is 2. The van der Waals surface area contributed by atoms with E-state index in [4.69, 9.17) is 20.6 Å². The minimum Gasteiger partial charge on any atom is -0.472 e. The van der Waals surface area contributed by atoms with Gasteiger partial charge in [0.25, 0.3) is 0 Å². The van der Waals surface area contributed by atoms with E-state index in [2.05, 4.69) is 24.1 Å². The molecule has 5 fully saturated rings. The minimum absolute atomic E-state index is 0.0264. The smallest absolute Gasteiger partial charge is 0.211 e. The Morgan fingerprint density at radius 3 is 2.74 bits per heavy atom. The Labute approximate surface area is 183 Å². The number of epoxide rings is 1. The largest absolute Gasteiger partial charge is 0.472 e. The number of hydrogen-bond acceptors (Lipinski definition) is 5. The van der Waals surface area contributed by atoms with Gasteiger partial charge in [0, 0.05) is 23.1 Å². The van der Waals surface area contributed by atoms with Crippen molar-refractivity contribution in [2.24, 2.45) is 50.3 Å². The number of nitrogens with two attached hydrogens (primary N) is 2. The van der Waals surface area contributed by atoms with Gasteiger partial charge < -0.3 is 25.7 Å². The zero-order valence-electron chi connectivity index (χ0n) is 18.5. The molecular weight excluding hydrogens is 392 g/mol. The molecular formula is C24H34N4O3. The SMILES string of the molecule is C[C@]12CCC(=NN=C(N)N)C[C@H]1CC[C@@H]1[C@@H]2CC[C@@]2(C)[C@@]13O[C@@H]3C[C@]2(O)c1ccoc1. The third-order valence-corrected chi connectivity index (χ3v) is 10.4. The summed E-state index contributed by atoms with van der Waals surface area (Å²) in [4.78, 5) is 0. The van der Waals surface area contributed by atoms with Crippen LogP contribution in [0.3, 0.4) is 0 Å². The first-order chi connectivity index (χ1) is 14.7. The lowest BCUT2D eigenvalue weighted by Crippen LogP contribution is -2.61. The second-order valence-electron chi connectivity index (χ2n) is 11.2. The van der Waals surface area contributed by atoms with Crippen LogP contribution in [0.5, 0.6) is 0 Å². The molecule has 168 valence electrons. The number of hydrogen-bond donors (Lipinski definition) is 3. The Kier molecular flexibility index (Phi) is 3.92. The molecule has 1 aromatic heterocycles. The zero-order valence-corrected chi connectivity index (χ0v) is 18.5. The van der Waals surface area contributed by atoms with Gasteiger partial charge in [-0.3, -0.25) is 0 Å². The second kappa shape index (κ2) is 6.13. The average Bonchev–Trinajstić information content (AvgIpc) is 3.10. The number of ether oxygens (including phenoxy) is 1. The second-order valence-corrected chi connectivity index (χ2v) is 11.2. The van der Waals surface area contributed by atoms with E-state index in [1.54, 1.807) is 12.5 Å². The Balaban J connectivity index is 1.31. The Morgan fingerprint density at radius 2 is 2.00 bits per heavy atom. The summed E-state index contributed by atoms with van der Waals surface area (Å²) >= 11 is 0. The van der Waals surface area contributed by atoms with Crippen molar-refractivity contribution < 1.29 is 14.3 Å². The highest BCUT2D eigenvalue weighted by molar-refractivity contribution is 5.86. The molecule has 7 heteroatoms. The van der Waals surface area contributed by atoms with Gasteiger partial charge in [-0.2, -0.15) is 5.10 Å². The fraction of sp³-hybridized carbons (Fsp3) is 0.750. The van der Waals surface area contributed by atoms with Crippen LogP contribution < -0.4 is 11.5 Å². The van der Waals surface area contributed by atoms with E-state index < -0.39 is 5.60 Å². The molecule has 0 bridgehead atoms. The van der Waals surface area contributed by atoms with E-state index >= 15 is 0 Å². The maximum absolute atomic E-state index is 11.9. The van der Waals surface area contributed by atoms with Gasteiger partial charge in [0.1, 0.15) is 11.2 Å². The molecule has 0 unspecified atom stereocenters. The molecule has 1 aromatic rings. The molecule has 4 saturated carbocycles. The summed E-state index contributed by atoms with van der Waals surface area (Å²) < 4.78 is 11.9. The molecule has 1 aliphatic heterocycles. The Hall–Kier alpha value is -1.86. The lowest BCUT2D eigenvalue weighted by atomic mass is 9.43. The molecule has 0 amide bonds. The topological polar surface area (TPSA) is 123 Å². The molecule has 8 atom stereocenters. The van der Waals surface area contributed by atoms with Crippen molar-refractivity contribution in [3.05, 3.63) is 24.2 Å². The van der Waals surface area contributed by atoms with Gasteiger partial charge in [0.05, 0.1) is 18.6 Å². The summed E-state index contributed by atoms with van der Waals surface area (Å²) in [6.45, 7) is 4.78. The lowest BCUT2D eigenvalue weighted by Gasteiger charge is -2.61. The minimum atomic E-state index is -0.863. The quantitative estimate of drug-likeness (QED) is 0.290. The van der Waals surface area contributed by atoms with E-state index in [1.165, 1.54) is 6.42 Å². The number of guanidine groups is 1. The molecule has 31 heavy (non-hydrogen) atoms. The van der Waals surface area contributed by atoms with Crippen molar-refractivity contribution in [2.75, 3.05) is 0 Å². The number of aliphatic hydroxyl groups is 1. The normalized spacial score (nSPS) is 51.4. The van der Waals surface area contributed by atoms with E-state index in [0.717, 1.165) is 49.8 Å². The van der Waals surface area contributed by atoms with Gasteiger partial charge in [-0.25, -0.2) is 0 Å². The van der Waals surface area contributed by atoms with Crippen LogP contribution in [0.15, 0.2) is 33.2 Å². The first-order valence-electron chi connectivity index (χ1n) is 11.8. The van der Waals surface area contributed by atoms with Crippen LogP contribution in [0.1, 0.15) is 70.8 Å². The molecule has 1 spiro atoms. The molecule has 5 N–H and O–H groups in total. The molecule has 2 heterocycles. The monoisotopic (exact) mass is 426 g/mol. The molecule has 0 radical (unpaired) electrons. The van der Waals surface area contributed by atoms with Gasteiger partial charge in [-0.15, -0.1) is 5.10 Å². The van der Waals surface area contributed by atoms with Crippen molar-refractivity contribution in [3.8, 4) is 0 Å². The summed E-state index contributed by atoms with van der Waals surface area (Å²) in [5, 5.41) is 20.2. The highest BCUT2D eigenvalue weighted by Crippen LogP contribution is 2.78. The standard InChI is InChI=1S/C24H34N4O3/c1-21-8-5-16(27-28-20(25)26)11-14(21)3-4-18-17(21)6-9-22(2)23(29,15-7-10-30-13-15)12-19-24(18,22)31-19/h7,10,13-14,17-19,29H,3-6,8-9,11-12H2,1-2H3,(H4,25,26,28)/t14-,17+,18-,19-,21+,22-,23+,24-/m1/s1. The highest BCUT2D eigenvalue weighted by Gasteiger charge is 2.84. The van der Waals surface area contributed by atoms with Crippen LogP contribution in [0.4, 0.5) is 0 Å². The third-order valence-electron chi connectivity index (χ3n) is 10.4. The summed E-state index contributed by atoms with van der Waals surface area (Å²) in [6, 6.07) is 1.94. The van der Waals surface area contributed by atoms with Crippen molar-refractivity contribution in [3.63, 3.8) is 0 Å². The Morgan fingerprint density at radius 1 is 1.16 bits per heavy atom. The van der Waals surface area contributed by atoms with Crippen LogP contribution in [-0.4, -0.2) is 28.5 Å². The summed E-state index contributed by atoms with van der Waals surface area (Å²) in [5.41, 5.74) is 11.9. The van der Waals surface area contributed by atoms with E-state index in [9.17, 15) is 5.11 Å². The van der Waals surface area contributed by atoms with Gasteiger partial charge in [0.2, 0.25) is 5.96 Å². The third kappa shape index (κ3) is 2.31. The summed E-state index contributed by atoms with van der Waals surface area (Å²) in [6.07, 6.45) is 11.8. The number of rotatable bonds is 2. The number of furan rings is 1. The average molecular weight is 427 g/mol. The fourth-order valence-electron chi connectivity index (χ4n) is 8.68. The van der Waals surface area contributed by atoms with E-state index in [-0.39, 0.29) is 28.5 Å². The molecule has 4 aliphatic carbocycles. The predicted molar refractivity (Wildman–Crippen MR) is 117 cm³/mol. The van der Waals surface area contributed by atoms with Gasteiger partial charge in [-0.1, -0.05) is 13.8 Å². The van der Waals surface area contributed by atoms with Gasteiger partial charge in [-0.05, 0) is 74.2 Å². The van der Waals surface area contributed by atoms with Gasteiger partial charge >= 0.3 is 0 Å². The molecule has 5 aliphatic rings. The maximum Gasteiger partial charge on any atom is 0.211 e. The fourth-order valence-corrected chi connectivity index (χ4v) is 8.68. The van der Waals surface area contributed by atoms with Crippen molar-refractivity contribution in [1.82, 2.24) is 0 Å². The van der Waals surface area contributed by atoms with Crippen LogP contribution in [0.25, 0.3) is 0 Å². The number of fused-ring (bicyclic) bond motifs is 3. The molecule has 1 saturated heterocycles. The zero-order chi connectivity index (χ0) is 21.6. The van der Waals surface area contributed by atoms with Crippen LogP contribution >= 0.6 is 0 Å². The molecule has 0 aromatic carbocycles. The Bertz CT molecular complexity index is 956. The maximum atomic E-state index is 11.9. The van der Waals surface area contributed by atoms with Gasteiger partial charge in [0.15, 0.2) is 0 Å². The van der Waals surface area contributed by atoms with Crippen molar-refractivity contribution >= 4 is 11.7 Å². The van der Waals surface area contributed by atoms with Crippen LogP contribution in [0, 0.1) is 28.6 Å². The lowest BCUT2D eigenvalue weighted by molar-refractivity contribution is -0.187.